The molecule has 0 saturated carbocycles. The Hall–Kier alpha value is -2.32. The normalized spacial score (nSPS) is 20.3. The minimum Gasteiger partial charge on any atom is -0.497 e. The summed E-state index contributed by atoms with van der Waals surface area (Å²) in [6.07, 6.45) is -0.803. The lowest BCUT2D eigenvalue weighted by Crippen LogP contribution is -2.43. The van der Waals surface area contributed by atoms with Gasteiger partial charge in [-0.05, 0) is 19.2 Å². The average molecular weight is 338 g/mol. The number of β-amino-alcohol motifs (C(OH)–C–C–N with tert-alkyl or cyclic N) is 1. The molecule has 1 aliphatic heterocycles. The number of hydrogen-bond acceptors (Lipinski definition) is 6. The van der Waals surface area contributed by atoms with Gasteiger partial charge in [-0.2, -0.15) is 0 Å². The molecule has 0 radical (unpaired) electrons. The molecule has 1 fully saturated rings. The molecular formula is C16H22N2O6. The molecule has 1 aromatic carbocycles. The van der Waals surface area contributed by atoms with E-state index in [0.29, 0.717) is 17.1 Å². The van der Waals surface area contributed by atoms with Crippen LogP contribution in [0.25, 0.3) is 0 Å². The van der Waals surface area contributed by atoms with E-state index in [-0.39, 0.29) is 25.5 Å². The van der Waals surface area contributed by atoms with Crippen LogP contribution in [0.4, 0.5) is 0 Å². The Kier molecular flexibility index (Phi) is 5.63. The number of likely N-dealkylation sites (tertiary alicyclic amines) is 1. The van der Waals surface area contributed by atoms with E-state index in [9.17, 15) is 14.7 Å². The van der Waals surface area contributed by atoms with Crippen molar-refractivity contribution in [1.82, 2.24) is 9.80 Å². The van der Waals surface area contributed by atoms with Crippen molar-refractivity contribution in [3.05, 3.63) is 23.8 Å². The first-order valence-electron chi connectivity index (χ1n) is 7.48. The van der Waals surface area contributed by atoms with Crippen LogP contribution < -0.4 is 9.47 Å². The summed E-state index contributed by atoms with van der Waals surface area (Å²) in [5.41, 5.74) is 0.368. The van der Waals surface area contributed by atoms with E-state index < -0.39 is 18.1 Å². The third-order valence-corrected chi connectivity index (χ3v) is 4.14. The number of benzene rings is 1. The lowest BCUT2D eigenvalue weighted by Gasteiger charge is -2.24. The molecule has 0 bridgehead atoms. The van der Waals surface area contributed by atoms with Crippen molar-refractivity contribution < 1.29 is 29.3 Å². The van der Waals surface area contributed by atoms with E-state index in [1.54, 1.807) is 25.2 Å². The number of likely N-dealkylation sites (N-methyl/N-ethyl adjacent to an activating group) is 1. The van der Waals surface area contributed by atoms with Crippen LogP contribution in [-0.2, 0) is 4.79 Å². The SMILES string of the molecule is COc1ccc(C(=O)N2C[C@@H](O)[C@H](N(C)CC(=O)O)C2)c(OC)c1. The zero-order valence-electron chi connectivity index (χ0n) is 13.9. The maximum absolute atomic E-state index is 12.7. The predicted octanol–water partition coefficient (Wildman–Crippen LogP) is -0.0945. The Labute approximate surface area is 140 Å². The fourth-order valence-electron chi connectivity index (χ4n) is 2.84. The summed E-state index contributed by atoms with van der Waals surface area (Å²) in [7, 11) is 4.60. The van der Waals surface area contributed by atoms with Crippen LogP contribution >= 0.6 is 0 Å². The first-order valence-corrected chi connectivity index (χ1v) is 7.48. The highest BCUT2D eigenvalue weighted by Crippen LogP contribution is 2.27. The molecule has 132 valence electrons. The first-order chi connectivity index (χ1) is 11.4. The lowest BCUT2D eigenvalue weighted by molar-refractivity contribution is -0.138. The van der Waals surface area contributed by atoms with Crippen molar-refractivity contribution in [1.29, 1.82) is 0 Å². The quantitative estimate of drug-likeness (QED) is 0.747. The van der Waals surface area contributed by atoms with E-state index in [1.165, 1.54) is 24.0 Å². The highest BCUT2D eigenvalue weighted by Gasteiger charge is 2.37. The molecule has 8 heteroatoms. The van der Waals surface area contributed by atoms with Crippen LogP contribution in [-0.4, -0.2) is 84.9 Å². The minimum absolute atomic E-state index is 0.142. The number of aliphatic carboxylic acids is 1. The molecule has 1 aromatic rings. The molecule has 24 heavy (non-hydrogen) atoms. The van der Waals surface area contributed by atoms with Crippen LogP contribution in [0.3, 0.4) is 0 Å². The van der Waals surface area contributed by atoms with E-state index >= 15 is 0 Å². The number of carboxylic acids is 1. The molecule has 2 rings (SSSR count). The third-order valence-electron chi connectivity index (χ3n) is 4.14. The number of rotatable bonds is 6. The Morgan fingerprint density at radius 1 is 1.29 bits per heavy atom. The molecular weight excluding hydrogens is 316 g/mol. The number of ether oxygens (including phenoxy) is 2. The molecule has 8 nitrogen and oxygen atoms in total. The topological polar surface area (TPSA) is 99.5 Å². The van der Waals surface area contributed by atoms with Crippen molar-refractivity contribution in [3.8, 4) is 11.5 Å². The number of aliphatic hydroxyl groups is 1. The number of hydrogen-bond donors (Lipinski definition) is 2. The molecule has 0 spiro atoms. The van der Waals surface area contributed by atoms with Crippen molar-refractivity contribution >= 4 is 11.9 Å². The summed E-state index contributed by atoms with van der Waals surface area (Å²) in [4.78, 5) is 26.6. The number of aliphatic hydroxyl groups excluding tert-OH is 1. The second-order valence-electron chi connectivity index (χ2n) is 5.72. The van der Waals surface area contributed by atoms with E-state index in [4.69, 9.17) is 14.6 Å². The molecule has 0 aliphatic carbocycles. The van der Waals surface area contributed by atoms with Gasteiger partial charge in [-0.25, -0.2) is 0 Å². The summed E-state index contributed by atoms with van der Waals surface area (Å²) < 4.78 is 10.4. The number of carbonyl (C=O) groups excluding carboxylic acids is 1. The van der Waals surface area contributed by atoms with Crippen LogP contribution in [0.1, 0.15) is 10.4 Å². The Bertz CT molecular complexity index is 621. The molecule has 1 amide bonds. The highest BCUT2D eigenvalue weighted by molar-refractivity contribution is 5.97. The molecule has 2 atom stereocenters. The zero-order chi connectivity index (χ0) is 17.9. The Morgan fingerprint density at radius 2 is 2.00 bits per heavy atom. The Morgan fingerprint density at radius 3 is 2.58 bits per heavy atom. The predicted molar refractivity (Wildman–Crippen MR) is 85.5 cm³/mol. The van der Waals surface area contributed by atoms with Crippen LogP contribution in [0.15, 0.2) is 18.2 Å². The van der Waals surface area contributed by atoms with E-state index in [0.717, 1.165) is 0 Å². The Balaban J connectivity index is 2.15. The number of carboxylic acid groups (broad SMARTS) is 1. The minimum atomic E-state index is -0.980. The van der Waals surface area contributed by atoms with Crippen molar-refractivity contribution in [2.75, 3.05) is 40.9 Å². The second kappa shape index (κ2) is 7.50. The maximum Gasteiger partial charge on any atom is 0.317 e. The van der Waals surface area contributed by atoms with Crippen LogP contribution in [0.2, 0.25) is 0 Å². The van der Waals surface area contributed by atoms with E-state index in [1.807, 2.05) is 0 Å². The largest absolute Gasteiger partial charge is 0.497 e. The van der Waals surface area contributed by atoms with E-state index in [2.05, 4.69) is 0 Å². The van der Waals surface area contributed by atoms with Gasteiger partial charge in [0.1, 0.15) is 11.5 Å². The molecule has 1 saturated heterocycles. The lowest BCUT2D eigenvalue weighted by atomic mass is 10.1. The fraction of sp³-hybridized carbons (Fsp3) is 0.500. The maximum atomic E-state index is 12.7. The fourth-order valence-corrected chi connectivity index (χ4v) is 2.84. The summed E-state index contributed by atoms with van der Waals surface area (Å²) in [5.74, 6) is -0.300. The first kappa shape index (κ1) is 18.0. The van der Waals surface area contributed by atoms with Gasteiger partial charge in [-0.1, -0.05) is 0 Å². The zero-order valence-corrected chi connectivity index (χ0v) is 13.9. The van der Waals surface area contributed by atoms with Gasteiger partial charge in [0.2, 0.25) is 0 Å². The van der Waals surface area contributed by atoms with Crippen molar-refractivity contribution in [2.24, 2.45) is 0 Å². The number of methoxy groups -OCH3 is 2. The molecule has 0 unspecified atom stereocenters. The smallest absolute Gasteiger partial charge is 0.317 e. The van der Waals surface area contributed by atoms with Gasteiger partial charge in [0.25, 0.3) is 5.91 Å². The third kappa shape index (κ3) is 3.77. The summed E-state index contributed by atoms with van der Waals surface area (Å²) in [6.45, 7) is 0.192. The molecule has 1 aliphatic rings. The van der Waals surface area contributed by atoms with Gasteiger partial charge in [-0.15, -0.1) is 0 Å². The number of amides is 1. The highest BCUT2D eigenvalue weighted by atomic mass is 16.5. The molecule has 1 heterocycles. The second-order valence-corrected chi connectivity index (χ2v) is 5.72. The average Bonchev–Trinajstić information content (AvgIpc) is 2.94. The van der Waals surface area contributed by atoms with Crippen molar-refractivity contribution in [3.63, 3.8) is 0 Å². The van der Waals surface area contributed by atoms with Crippen molar-refractivity contribution in [2.45, 2.75) is 12.1 Å². The standard InChI is InChI=1S/C16H22N2O6/c1-17(9-15(20)21)12-7-18(8-13(12)19)16(22)11-5-4-10(23-2)6-14(11)24-3/h4-6,12-13,19H,7-9H2,1-3H3,(H,20,21)/t12-,13-/m1/s1. The van der Waals surface area contributed by atoms with Gasteiger partial charge < -0.3 is 24.6 Å². The van der Waals surface area contributed by atoms with Gasteiger partial charge in [0.05, 0.1) is 38.5 Å². The summed E-state index contributed by atoms with van der Waals surface area (Å²) >= 11 is 0. The summed E-state index contributed by atoms with van der Waals surface area (Å²) in [5, 5.41) is 19.0. The summed E-state index contributed by atoms with van der Waals surface area (Å²) in [6, 6.07) is 4.47. The van der Waals surface area contributed by atoms with Gasteiger partial charge >= 0.3 is 5.97 Å². The molecule has 2 N–H and O–H groups in total. The van der Waals surface area contributed by atoms with Crippen LogP contribution in [0.5, 0.6) is 11.5 Å². The van der Waals surface area contributed by atoms with Crippen LogP contribution in [0, 0.1) is 0 Å². The van der Waals surface area contributed by atoms with Gasteiger partial charge in [0, 0.05) is 19.2 Å². The number of carbonyl (C=O) groups is 2. The monoisotopic (exact) mass is 338 g/mol. The van der Waals surface area contributed by atoms with Gasteiger partial charge in [0.15, 0.2) is 0 Å². The molecule has 0 aromatic heterocycles. The van der Waals surface area contributed by atoms with Gasteiger partial charge in [-0.3, -0.25) is 14.5 Å². The number of nitrogens with zero attached hydrogens (tertiary/aromatic N) is 2.